The number of H-pyrrole nitrogens is 1. The largest absolute Gasteiger partial charge is 0.476 e. The van der Waals surface area contributed by atoms with E-state index in [1.165, 1.54) is 0 Å². The van der Waals surface area contributed by atoms with Gasteiger partial charge in [0.25, 0.3) is 0 Å². The van der Waals surface area contributed by atoms with Crippen molar-refractivity contribution in [3.05, 3.63) is 18.0 Å². The van der Waals surface area contributed by atoms with Crippen molar-refractivity contribution in [1.82, 2.24) is 15.2 Å². The number of hydrogen-bond donors (Lipinski definition) is 3. The summed E-state index contributed by atoms with van der Waals surface area (Å²) in [6.45, 7) is 0. The third kappa shape index (κ3) is 1.08. The zero-order valence-electron chi connectivity index (χ0n) is 7.40. The van der Waals surface area contributed by atoms with E-state index in [1.807, 2.05) is 0 Å². The fraction of sp³-hybridized carbons (Fsp3) is 0.125. The number of nitrogens with one attached hydrogen (secondary N) is 2. The molecule has 2 heterocycles. The van der Waals surface area contributed by atoms with Crippen LogP contribution in [-0.2, 0) is 0 Å². The third-order valence-electron chi connectivity index (χ3n) is 1.92. The molecule has 6 heteroatoms. The molecule has 0 aliphatic heterocycles. The number of anilines is 1. The monoisotopic (exact) mass is 192 g/mol. The van der Waals surface area contributed by atoms with Crippen molar-refractivity contribution in [2.24, 2.45) is 0 Å². The first kappa shape index (κ1) is 8.49. The van der Waals surface area contributed by atoms with Crippen LogP contribution in [0.1, 0.15) is 10.5 Å². The Morgan fingerprint density at radius 1 is 1.64 bits per heavy atom. The van der Waals surface area contributed by atoms with Gasteiger partial charge < -0.3 is 10.4 Å². The van der Waals surface area contributed by atoms with Gasteiger partial charge in [-0.25, -0.2) is 9.78 Å². The molecule has 0 unspecified atom stereocenters. The topological polar surface area (TPSA) is 90.9 Å². The Morgan fingerprint density at radius 2 is 2.43 bits per heavy atom. The van der Waals surface area contributed by atoms with Crippen LogP contribution in [0.25, 0.3) is 10.9 Å². The van der Waals surface area contributed by atoms with E-state index in [4.69, 9.17) is 5.11 Å². The van der Waals surface area contributed by atoms with Gasteiger partial charge in [-0.3, -0.25) is 5.10 Å². The molecule has 0 saturated heterocycles. The zero-order valence-corrected chi connectivity index (χ0v) is 7.40. The maximum absolute atomic E-state index is 10.8. The number of rotatable bonds is 2. The molecular formula is C8H8N4O2. The number of hydrogen-bond acceptors (Lipinski definition) is 4. The molecule has 2 aromatic heterocycles. The highest BCUT2D eigenvalue weighted by Gasteiger charge is 2.15. The normalized spacial score (nSPS) is 10.4. The van der Waals surface area contributed by atoms with Gasteiger partial charge in [0.2, 0.25) is 0 Å². The van der Waals surface area contributed by atoms with E-state index in [2.05, 4.69) is 20.5 Å². The summed E-state index contributed by atoms with van der Waals surface area (Å²) in [5.41, 5.74) is 0.638. The lowest BCUT2D eigenvalue weighted by Gasteiger charge is -1.99. The van der Waals surface area contributed by atoms with Crippen LogP contribution in [0.5, 0.6) is 0 Å². The molecule has 6 nitrogen and oxygen atoms in total. The molecule has 0 saturated carbocycles. The second kappa shape index (κ2) is 2.99. The van der Waals surface area contributed by atoms with Crippen molar-refractivity contribution in [3.63, 3.8) is 0 Å². The van der Waals surface area contributed by atoms with Gasteiger partial charge in [-0.1, -0.05) is 0 Å². The highest BCUT2D eigenvalue weighted by atomic mass is 16.4. The van der Waals surface area contributed by atoms with Gasteiger partial charge >= 0.3 is 5.97 Å². The number of fused-ring (bicyclic) bond motifs is 1. The SMILES string of the molecule is CNc1nccc2[nH]nc(C(=O)O)c12. The highest BCUT2D eigenvalue weighted by Crippen LogP contribution is 2.22. The van der Waals surface area contributed by atoms with Crippen molar-refractivity contribution < 1.29 is 9.90 Å². The molecule has 14 heavy (non-hydrogen) atoms. The van der Waals surface area contributed by atoms with Gasteiger partial charge in [0.1, 0.15) is 5.82 Å². The first-order chi connectivity index (χ1) is 6.74. The molecule has 0 aliphatic carbocycles. The van der Waals surface area contributed by atoms with Gasteiger partial charge in [-0.2, -0.15) is 5.10 Å². The number of nitrogens with zero attached hydrogens (tertiary/aromatic N) is 2. The number of carbonyl (C=O) groups is 1. The van der Waals surface area contributed by atoms with Crippen LogP contribution in [-0.4, -0.2) is 33.3 Å². The van der Waals surface area contributed by atoms with Crippen molar-refractivity contribution >= 4 is 22.7 Å². The smallest absolute Gasteiger partial charge is 0.357 e. The second-order valence-electron chi connectivity index (χ2n) is 2.71. The van der Waals surface area contributed by atoms with Crippen molar-refractivity contribution in [3.8, 4) is 0 Å². The minimum Gasteiger partial charge on any atom is -0.476 e. The Hall–Kier alpha value is -2.11. The number of aromatic carboxylic acids is 1. The average Bonchev–Trinajstić information content (AvgIpc) is 2.60. The van der Waals surface area contributed by atoms with Crippen LogP contribution < -0.4 is 5.32 Å². The molecule has 0 radical (unpaired) electrons. The maximum Gasteiger partial charge on any atom is 0.357 e. The molecule has 0 bridgehead atoms. The summed E-state index contributed by atoms with van der Waals surface area (Å²) in [4.78, 5) is 14.8. The van der Waals surface area contributed by atoms with Crippen LogP contribution in [0.2, 0.25) is 0 Å². The summed E-state index contributed by atoms with van der Waals surface area (Å²) in [6.07, 6.45) is 1.58. The lowest BCUT2D eigenvalue weighted by molar-refractivity contribution is 0.0692. The van der Waals surface area contributed by atoms with Gasteiger partial charge in [-0.05, 0) is 6.07 Å². The fourth-order valence-electron chi connectivity index (χ4n) is 1.31. The molecule has 2 rings (SSSR count). The summed E-state index contributed by atoms with van der Waals surface area (Å²) in [7, 11) is 1.68. The zero-order chi connectivity index (χ0) is 10.1. The van der Waals surface area contributed by atoms with E-state index in [0.717, 1.165) is 0 Å². The quantitative estimate of drug-likeness (QED) is 0.651. The van der Waals surface area contributed by atoms with Crippen molar-refractivity contribution in [1.29, 1.82) is 0 Å². The molecular weight excluding hydrogens is 184 g/mol. The Bertz CT molecular complexity index is 491. The van der Waals surface area contributed by atoms with Crippen LogP contribution in [0.3, 0.4) is 0 Å². The molecule has 0 aromatic carbocycles. The Balaban J connectivity index is 2.81. The van der Waals surface area contributed by atoms with Crippen molar-refractivity contribution in [2.45, 2.75) is 0 Å². The Labute approximate surface area is 79.0 Å². The van der Waals surface area contributed by atoms with Crippen LogP contribution >= 0.6 is 0 Å². The van der Waals surface area contributed by atoms with Crippen LogP contribution in [0, 0.1) is 0 Å². The summed E-state index contributed by atoms with van der Waals surface area (Å²) in [5, 5.41) is 18.5. The van der Waals surface area contributed by atoms with Gasteiger partial charge in [0.15, 0.2) is 5.69 Å². The van der Waals surface area contributed by atoms with Gasteiger partial charge in [0.05, 0.1) is 10.9 Å². The molecule has 2 aromatic rings. The molecule has 72 valence electrons. The molecule has 3 N–H and O–H groups in total. The first-order valence-corrected chi connectivity index (χ1v) is 3.98. The van der Waals surface area contributed by atoms with E-state index in [0.29, 0.717) is 16.7 Å². The van der Waals surface area contributed by atoms with Crippen molar-refractivity contribution in [2.75, 3.05) is 12.4 Å². The summed E-state index contributed by atoms with van der Waals surface area (Å²) in [6, 6.07) is 1.68. The summed E-state index contributed by atoms with van der Waals surface area (Å²) in [5.74, 6) is -0.561. The number of pyridine rings is 1. The van der Waals surface area contributed by atoms with Gasteiger partial charge in [0, 0.05) is 13.2 Å². The first-order valence-electron chi connectivity index (χ1n) is 3.98. The summed E-state index contributed by atoms with van der Waals surface area (Å²) >= 11 is 0. The Morgan fingerprint density at radius 3 is 3.07 bits per heavy atom. The minimum absolute atomic E-state index is 0.0162. The lowest BCUT2D eigenvalue weighted by atomic mass is 10.2. The van der Waals surface area contributed by atoms with Crippen LogP contribution in [0.4, 0.5) is 5.82 Å². The highest BCUT2D eigenvalue weighted by molar-refractivity contribution is 6.05. The third-order valence-corrected chi connectivity index (χ3v) is 1.92. The summed E-state index contributed by atoms with van der Waals surface area (Å²) < 4.78 is 0. The maximum atomic E-state index is 10.8. The lowest BCUT2D eigenvalue weighted by Crippen LogP contribution is -2.00. The predicted molar refractivity (Wildman–Crippen MR) is 50.4 cm³/mol. The van der Waals surface area contributed by atoms with E-state index in [9.17, 15) is 4.79 Å². The second-order valence-corrected chi connectivity index (χ2v) is 2.71. The number of carboxylic acid groups (broad SMARTS) is 1. The van der Waals surface area contributed by atoms with E-state index in [1.54, 1.807) is 19.3 Å². The van der Waals surface area contributed by atoms with Crippen LogP contribution in [0.15, 0.2) is 12.3 Å². The number of carboxylic acids is 1. The van der Waals surface area contributed by atoms with Gasteiger partial charge in [-0.15, -0.1) is 0 Å². The molecule has 0 fully saturated rings. The number of aromatic amines is 1. The molecule has 0 aliphatic rings. The molecule has 0 spiro atoms. The predicted octanol–water partition coefficient (Wildman–Crippen LogP) is 0.698. The van der Waals surface area contributed by atoms with E-state index < -0.39 is 5.97 Å². The average molecular weight is 192 g/mol. The standard InChI is InChI=1S/C8H8N4O2/c1-9-7-5-4(2-3-10-7)11-12-6(5)8(13)14/h2-3H,1H3,(H,9,10)(H,11,12)(H,13,14). The molecule has 0 atom stereocenters. The van der Waals surface area contributed by atoms with E-state index >= 15 is 0 Å². The van der Waals surface area contributed by atoms with E-state index in [-0.39, 0.29) is 5.69 Å². The number of aromatic nitrogens is 3. The fourth-order valence-corrected chi connectivity index (χ4v) is 1.31. The molecule has 0 amide bonds. The Kier molecular flexibility index (Phi) is 1.81. The minimum atomic E-state index is -1.07.